The molecular formula is C18H17BrN2O2S. The lowest BCUT2D eigenvalue weighted by atomic mass is 10.3. The lowest BCUT2D eigenvalue weighted by molar-refractivity contribution is -0.134. The van der Waals surface area contributed by atoms with Crippen LogP contribution in [0.5, 0.6) is 5.75 Å². The Morgan fingerprint density at radius 2 is 1.96 bits per heavy atom. The SMILES string of the molecule is C[C@H](c1nc2ccccc2s1)N(C)C(=O)COc1ccccc1Br. The second kappa shape index (κ2) is 7.32. The molecule has 0 fully saturated rings. The summed E-state index contributed by atoms with van der Waals surface area (Å²) < 4.78 is 7.57. The van der Waals surface area contributed by atoms with E-state index in [4.69, 9.17) is 4.74 Å². The molecule has 6 heteroatoms. The standard InChI is InChI=1S/C18H17BrN2O2S/c1-12(18-20-14-8-4-6-10-16(14)24-18)21(2)17(22)11-23-15-9-5-3-7-13(15)19/h3-10,12H,11H2,1-2H3/t12-/m1/s1. The minimum absolute atomic E-state index is 0.00561. The molecule has 24 heavy (non-hydrogen) atoms. The lowest BCUT2D eigenvalue weighted by Crippen LogP contribution is -2.33. The van der Waals surface area contributed by atoms with Crippen molar-refractivity contribution in [2.75, 3.05) is 13.7 Å². The topological polar surface area (TPSA) is 42.4 Å². The van der Waals surface area contributed by atoms with Crippen LogP contribution in [0.1, 0.15) is 18.0 Å². The van der Waals surface area contributed by atoms with Crippen LogP contribution in [0.25, 0.3) is 10.2 Å². The number of aromatic nitrogens is 1. The third-order valence-corrected chi connectivity index (χ3v) is 5.69. The van der Waals surface area contributed by atoms with Crippen molar-refractivity contribution in [1.82, 2.24) is 9.88 Å². The van der Waals surface area contributed by atoms with Gasteiger partial charge in [0.2, 0.25) is 0 Å². The zero-order chi connectivity index (χ0) is 17.1. The van der Waals surface area contributed by atoms with Gasteiger partial charge >= 0.3 is 0 Å². The summed E-state index contributed by atoms with van der Waals surface area (Å²) in [7, 11) is 1.78. The van der Waals surface area contributed by atoms with Gasteiger partial charge in [-0.05, 0) is 47.1 Å². The Labute approximate surface area is 153 Å². The number of hydrogen-bond acceptors (Lipinski definition) is 4. The molecule has 0 aliphatic heterocycles. The molecular weight excluding hydrogens is 388 g/mol. The third-order valence-electron chi connectivity index (χ3n) is 3.83. The predicted octanol–water partition coefficient (Wildman–Crippen LogP) is 4.66. The number of amides is 1. The van der Waals surface area contributed by atoms with Gasteiger partial charge < -0.3 is 9.64 Å². The van der Waals surface area contributed by atoms with E-state index in [1.54, 1.807) is 23.3 Å². The molecule has 1 atom stereocenters. The largest absolute Gasteiger partial charge is 0.483 e. The zero-order valence-electron chi connectivity index (χ0n) is 13.4. The van der Waals surface area contributed by atoms with Gasteiger partial charge in [0.25, 0.3) is 5.91 Å². The van der Waals surface area contributed by atoms with Crippen LogP contribution >= 0.6 is 27.3 Å². The van der Waals surface area contributed by atoms with E-state index in [1.807, 2.05) is 55.5 Å². The summed E-state index contributed by atoms with van der Waals surface area (Å²) in [6.45, 7) is 1.97. The highest BCUT2D eigenvalue weighted by molar-refractivity contribution is 9.10. The highest BCUT2D eigenvalue weighted by atomic mass is 79.9. The maximum Gasteiger partial charge on any atom is 0.260 e. The second-order valence-corrected chi connectivity index (χ2v) is 7.34. The number of thiazole rings is 1. The van der Waals surface area contributed by atoms with Crippen molar-refractivity contribution < 1.29 is 9.53 Å². The summed E-state index contributed by atoms with van der Waals surface area (Å²) in [4.78, 5) is 18.7. The molecule has 1 heterocycles. The molecule has 0 aliphatic carbocycles. The van der Waals surface area contributed by atoms with Gasteiger partial charge in [-0.1, -0.05) is 24.3 Å². The van der Waals surface area contributed by atoms with Crippen LogP contribution in [0.4, 0.5) is 0 Å². The van der Waals surface area contributed by atoms with Gasteiger partial charge in [0.05, 0.1) is 20.7 Å². The number of ether oxygens (including phenoxy) is 1. The Bertz CT molecular complexity index is 832. The molecule has 0 bridgehead atoms. The number of benzene rings is 2. The van der Waals surface area contributed by atoms with E-state index < -0.39 is 0 Å². The van der Waals surface area contributed by atoms with Gasteiger partial charge in [-0.15, -0.1) is 11.3 Å². The van der Waals surface area contributed by atoms with E-state index in [-0.39, 0.29) is 18.6 Å². The number of carbonyl (C=O) groups is 1. The first-order chi connectivity index (χ1) is 11.6. The fraction of sp³-hybridized carbons (Fsp3) is 0.222. The average molecular weight is 405 g/mol. The number of halogens is 1. The number of hydrogen-bond donors (Lipinski definition) is 0. The van der Waals surface area contributed by atoms with Gasteiger partial charge in [0, 0.05) is 7.05 Å². The van der Waals surface area contributed by atoms with Crippen molar-refractivity contribution in [3.05, 3.63) is 58.0 Å². The first-order valence-corrected chi connectivity index (χ1v) is 9.15. The van der Waals surface area contributed by atoms with Crippen LogP contribution in [0.2, 0.25) is 0 Å². The van der Waals surface area contributed by atoms with E-state index in [0.29, 0.717) is 5.75 Å². The number of rotatable bonds is 5. The van der Waals surface area contributed by atoms with Crippen molar-refractivity contribution in [3.8, 4) is 5.75 Å². The van der Waals surface area contributed by atoms with E-state index in [0.717, 1.165) is 19.7 Å². The van der Waals surface area contributed by atoms with Gasteiger partial charge in [0.1, 0.15) is 10.8 Å². The maximum atomic E-state index is 12.4. The van der Waals surface area contributed by atoms with Crippen molar-refractivity contribution in [3.63, 3.8) is 0 Å². The lowest BCUT2D eigenvalue weighted by Gasteiger charge is -2.23. The molecule has 1 aromatic heterocycles. The molecule has 0 spiro atoms. The molecule has 4 nitrogen and oxygen atoms in total. The molecule has 0 saturated heterocycles. The third kappa shape index (κ3) is 3.60. The van der Waals surface area contributed by atoms with Crippen LogP contribution in [0, 0.1) is 0 Å². The van der Waals surface area contributed by atoms with Crippen LogP contribution < -0.4 is 4.74 Å². The number of carbonyl (C=O) groups excluding carboxylic acids is 1. The van der Waals surface area contributed by atoms with Crippen molar-refractivity contribution in [2.24, 2.45) is 0 Å². The predicted molar refractivity (Wildman–Crippen MR) is 100 cm³/mol. The highest BCUT2D eigenvalue weighted by Gasteiger charge is 2.21. The van der Waals surface area contributed by atoms with E-state index in [9.17, 15) is 4.79 Å². The summed E-state index contributed by atoms with van der Waals surface area (Å²) in [5.74, 6) is 0.574. The van der Waals surface area contributed by atoms with E-state index in [1.165, 1.54) is 0 Å². The molecule has 0 radical (unpaired) electrons. The highest BCUT2D eigenvalue weighted by Crippen LogP contribution is 2.29. The van der Waals surface area contributed by atoms with Crippen LogP contribution in [0.15, 0.2) is 53.0 Å². The summed E-state index contributed by atoms with van der Waals surface area (Å²) in [6, 6.07) is 15.4. The fourth-order valence-corrected chi connectivity index (χ4v) is 3.72. The molecule has 3 rings (SSSR count). The second-order valence-electron chi connectivity index (χ2n) is 5.42. The van der Waals surface area contributed by atoms with Gasteiger partial charge in [0.15, 0.2) is 6.61 Å². The fourth-order valence-electron chi connectivity index (χ4n) is 2.25. The molecule has 1 amide bonds. The van der Waals surface area contributed by atoms with E-state index in [2.05, 4.69) is 20.9 Å². The van der Waals surface area contributed by atoms with Crippen molar-refractivity contribution >= 4 is 43.4 Å². The van der Waals surface area contributed by atoms with Gasteiger partial charge in [-0.2, -0.15) is 0 Å². The Kier molecular flexibility index (Phi) is 5.16. The molecule has 124 valence electrons. The van der Waals surface area contributed by atoms with Crippen LogP contribution in [-0.2, 0) is 4.79 Å². The van der Waals surface area contributed by atoms with Crippen LogP contribution in [0.3, 0.4) is 0 Å². The summed E-state index contributed by atoms with van der Waals surface area (Å²) >= 11 is 5.03. The normalized spacial score (nSPS) is 12.1. The monoisotopic (exact) mass is 404 g/mol. The quantitative estimate of drug-likeness (QED) is 0.620. The van der Waals surface area contributed by atoms with Crippen LogP contribution in [-0.4, -0.2) is 29.4 Å². The average Bonchev–Trinajstić information content (AvgIpc) is 3.03. The smallest absolute Gasteiger partial charge is 0.260 e. The number of likely N-dealkylation sites (N-methyl/N-ethyl adjacent to an activating group) is 1. The Morgan fingerprint density at radius 1 is 1.25 bits per heavy atom. The molecule has 0 unspecified atom stereocenters. The minimum Gasteiger partial charge on any atom is -0.483 e. The number of para-hydroxylation sites is 2. The van der Waals surface area contributed by atoms with Crippen molar-refractivity contribution in [2.45, 2.75) is 13.0 Å². The first-order valence-electron chi connectivity index (χ1n) is 7.54. The first kappa shape index (κ1) is 16.9. The molecule has 0 saturated carbocycles. The number of nitrogens with zero attached hydrogens (tertiary/aromatic N) is 2. The minimum atomic E-state index is -0.0993. The molecule has 2 aromatic carbocycles. The summed E-state index contributed by atoms with van der Waals surface area (Å²) in [5, 5.41) is 0.924. The zero-order valence-corrected chi connectivity index (χ0v) is 15.8. The Balaban J connectivity index is 1.67. The Hall–Kier alpha value is -1.92. The van der Waals surface area contributed by atoms with E-state index >= 15 is 0 Å². The Morgan fingerprint density at radius 3 is 2.71 bits per heavy atom. The molecule has 3 aromatic rings. The molecule has 0 N–H and O–H groups in total. The molecule has 0 aliphatic rings. The van der Waals surface area contributed by atoms with Crippen molar-refractivity contribution in [1.29, 1.82) is 0 Å². The summed E-state index contributed by atoms with van der Waals surface area (Å²) in [6.07, 6.45) is 0. The summed E-state index contributed by atoms with van der Waals surface area (Å²) in [5.41, 5.74) is 0.967. The maximum absolute atomic E-state index is 12.4. The van der Waals surface area contributed by atoms with Gasteiger partial charge in [-0.3, -0.25) is 4.79 Å². The van der Waals surface area contributed by atoms with Gasteiger partial charge in [-0.25, -0.2) is 4.98 Å². The number of fused-ring (bicyclic) bond motifs is 1.